The molecule has 1 amide bonds. The number of ether oxygens (including phenoxy) is 1. The van der Waals surface area contributed by atoms with Crippen molar-refractivity contribution in [2.75, 3.05) is 31.6 Å². The predicted octanol–water partition coefficient (Wildman–Crippen LogP) is 1.49. The number of fused-ring (bicyclic) bond motifs is 1. The standard InChI is InChI=1S/C17H20N6O2.C2HF3O2/c24-16(12-2-6-21-22-8-12)23-7-3-14-13(10-23)11-25-15(14)9-20-17-18-4-1-5-19-17;3-2(4,5)1(6)7/h1-2,4-6,8,13-15H,3,7,9-11H2,(H,18,19,20);(H,6,7)/t13-,14-,15-;/m1./s1. The largest absolute Gasteiger partial charge is 0.490 e. The van der Waals surface area contributed by atoms with Gasteiger partial charge in [0.05, 0.1) is 30.7 Å². The molecule has 0 saturated carbocycles. The van der Waals surface area contributed by atoms with Crippen LogP contribution in [-0.4, -0.2) is 80.6 Å². The Morgan fingerprint density at radius 2 is 1.94 bits per heavy atom. The van der Waals surface area contributed by atoms with Crippen molar-refractivity contribution in [1.29, 1.82) is 0 Å². The van der Waals surface area contributed by atoms with Gasteiger partial charge in [0.15, 0.2) is 0 Å². The number of hydrogen-bond acceptors (Lipinski definition) is 8. The topological polar surface area (TPSA) is 130 Å². The number of carboxylic acids is 1. The predicted molar refractivity (Wildman–Crippen MR) is 103 cm³/mol. The Bertz CT molecular complexity index is 903. The van der Waals surface area contributed by atoms with Gasteiger partial charge in [0, 0.05) is 37.9 Å². The molecule has 2 aliphatic rings. The SMILES string of the molecule is O=C(O)C(F)(F)F.O=C(c1ccnnc1)N1CC[C@@H]2[C@@H](CO[C@@H]2CNc2ncccn2)C1. The van der Waals surface area contributed by atoms with Gasteiger partial charge in [0.25, 0.3) is 5.91 Å². The number of anilines is 1. The summed E-state index contributed by atoms with van der Waals surface area (Å²) in [4.78, 5) is 31.7. The minimum absolute atomic E-state index is 0.0209. The number of hydrogen-bond donors (Lipinski definition) is 2. The Hall–Kier alpha value is -3.35. The molecule has 2 N–H and O–H groups in total. The van der Waals surface area contributed by atoms with Gasteiger partial charge < -0.3 is 20.1 Å². The molecular weight excluding hydrogens is 433 g/mol. The first-order valence-electron chi connectivity index (χ1n) is 9.74. The van der Waals surface area contributed by atoms with Gasteiger partial charge in [0.2, 0.25) is 5.95 Å². The number of aromatic nitrogens is 4. The highest BCUT2D eigenvalue weighted by Crippen LogP contribution is 2.34. The molecule has 4 rings (SSSR count). The molecule has 32 heavy (non-hydrogen) atoms. The van der Waals surface area contributed by atoms with Crippen molar-refractivity contribution < 1.29 is 32.6 Å². The summed E-state index contributed by atoms with van der Waals surface area (Å²) in [5.74, 6) is -1.29. The number of halogens is 3. The van der Waals surface area contributed by atoms with Crippen LogP contribution in [-0.2, 0) is 9.53 Å². The summed E-state index contributed by atoms with van der Waals surface area (Å²) < 4.78 is 37.7. The number of likely N-dealkylation sites (tertiary alicyclic amines) is 1. The van der Waals surface area contributed by atoms with Crippen molar-refractivity contribution in [3.63, 3.8) is 0 Å². The van der Waals surface area contributed by atoms with E-state index in [2.05, 4.69) is 25.5 Å². The third-order valence-electron chi connectivity index (χ3n) is 5.18. The lowest BCUT2D eigenvalue weighted by atomic mass is 9.84. The number of nitrogens with zero attached hydrogens (tertiary/aromatic N) is 5. The van der Waals surface area contributed by atoms with Crippen LogP contribution in [0.25, 0.3) is 0 Å². The Morgan fingerprint density at radius 3 is 2.56 bits per heavy atom. The van der Waals surface area contributed by atoms with E-state index in [0.717, 1.165) is 19.5 Å². The van der Waals surface area contributed by atoms with Gasteiger partial charge >= 0.3 is 12.1 Å². The number of nitrogens with one attached hydrogen (secondary N) is 1. The van der Waals surface area contributed by atoms with E-state index in [-0.39, 0.29) is 12.0 Å². The monoisotopic (exact) mass is 454 g/mol. The average Bonchev–Trinajstić information content (AvgIpc) is 3.20. The van der Waals surface area contributed by atoms with Crippen molar-refractivity contribution in [3.05, 3.63) is 42.5 Å². The van der Waals surface area contributed by atoms with Crippen LogP contribution < -0.4 is 5.32 Å². The number of piperidine rings is 1. The third-order valence-corrected chi connectivity index (χ3v) is 5.18. The molecule has 0 spiro atoms. The van der Waals surface area contributed by atoms with Crippen LogP contribution in [0.5, 0.6) is 0 Å². The second kappa shape index (κ2) is 10.3. The molecular formula is C19H21F3N6O4. The zero-order valence-electron chi connectivity index (χ0n) is 16.8. The third kappa shape index (κ3) is 6.09. The van der Waals surface area contributed by atoms with E-state index in [1.165, 1.54) is 6.20 Å². The van der Waals surface area contributed by atoms with E-state index in [9.17, 15) is 18.0 Å². The van der Waals surface area contributed by atoms with E-state index in [0.29, 0.717) is 36.5 Å². The minimum atomic E-state index is -5.08. The fourth-order valence-corrected chi connectivity index (χ4v) is 3.66. The lowest BCUT2D eigenvalue weighted by Crippen LogP contribution is -2.45. The first kappa shape index (κ1) is 23.3. The van der Waals surface area contributed by atoms with E-state index in [1.54, 1.807) is 30.7 Å². The van der Waals surface area contributed by atoms with E-state index >= 15 is 0 Å². The van der Waals surface area contributed by atoms with Crippen LogP contribution in [0.3, 0.4) is 0 Å². The van der Waals surface area contributed by atoms with Gasteiger partial charge in [-0.15, -0.1) is 0 Å². The summed E-state index contributed by atoms with van der Waals surface area (Å²) >= 11 is 0. The molecule has 13 heteroatoms. The maximum atomic E-state index is 12.6. The van der Waals surface area contributed by atoms with Gasteiger partial charge in [-0.1, -0.05) is 0 Å². The number of carbonyl (C=O) groups is 2. The van der Waals surface area contributed by atoms with Crippen LogP contribution in [0.15, 0.2) is 36.9 Å². The van der Waals surface area contributed by atoms with Crippen molar-refractivity contribution in [1.82, 2.24) is 25.1 Å². The fraction of sp³-hybridized carbons (Fsp3) is 0.474. The van der Waals surface area contributed by atoms with Gasteiger partial charge in [-0.2, -0.15) is 23.4 Å². The number of carbonyl (C=O) groups excluding carboxylic acids is 1. The minimum Gasteiger partial charge on any atom is -0.475 e. The highest BCUT2D eigenvalue weighted by atomic mass is 19.4. The maximum absolute atomic E-state index is 12.6. The number of carboxylic acid groups (broad SMARTS) is 1. The van der Waals surface area contributed by atoms with Crippen molar-refractivity contribution in [2.45, 2.75) is 18.7 Å². The van der Waals surface area contributed by atoms with Crippen molar-refractivity contribution >= 4 is 17.8 Å². The zero-order valence-corrected chi connectivity index (χ0v) is 16.8. The van der Waals surface area contributed by atoms with Gasteiger partial charge in [0.1, 0.15) is 0 Å². The fourth-order valence-electron chi connectivity index (χ4n) is 3.66. The summed E-state index contributed by atoms with van der Waals surface area (Å²) in [6.07, 6.45) is 2.49. The summed E-state index contributed by atoms with van der Waals surface area (Å²) in [5.41, 5.74) is 0.590. The van der Waals surface area contributed by atoms with E-state index in [4.69, 9.17) is 14.6 Å². The average molecular weight is 454 g/mol. The molecule has 0 unspecified atom stereocenters. The molecule has 2 aromatic heterocycles. The van der Waals surface area contributed by atoms with Crippen LogP contribution in [0.2, 0.25) is 0 Å². The van der Waals surface area contributed by atoms with Crippen LogP contribution in [0, 0.1) is 11.8 Å². The normalized spacial score (nSPS) is 22.3. The lowest BCUT2D eigenvalue weighted by Gasteiger charge is -2.35. The second-order valence-electron chi connectivity index (χ2n) is 7.22. The van der Waals surface area contributed by atoms with Gasteiger partial charge in [-0.05, 0) is 24.5 Å². The molecule has 0 radical (unpaired) electrons. The first-order valence-corrected chi connectivity index (χ1v) is 9.74. The summed E-state index contributed by atoms with van der Waals surface area (Å²) in [7, 11) is 0. The Labute approximate surface area is 180 Å². The van der Waals surface area contributed by atoms with Crippen LogP contribution >= 0.6 is 0 Å². The smallest absolute Gasteiger partial charge is 0.475 e. The summed E-state index contributed by atoms with van der Waals surface area (Å²) in [5, 5.41) is 17.9. The maximum Gasteiger partial charge on any atom is 0.490 e. The number of alkyl halides is 3. The molecule has 4 heterocycles. The lowest BCUT2D eigenvalue weighted by molar-refractivity contribution is -0.192. The van der Waals surface area contributed by atoms with Crippen molar-refractivity contribution in [3.8, 4) is 0 Å². The second-order valence-corrected chi connectivity index (χ2v) is 7.22. The molecule has 2 fully saturated rings. The van der Waals surface area contributed by atoms with E-state index in [1.807, 2.05) is 4.90 Å². The summed E-state index contributed by atoms with van der Waals surface area (Å²) in [6.45, 7) is 2.84. The Kier molecular flexibility index (Phi) is 7.51. The zero-order chi connectivity index (χ0) is 23.1. The molecule has 2 saturated heterocycles. The Balaban J connectivity index is 0.000000360. The van der Waals surface area contributed by atoms with Gasteiger partial charge in [-0.3, -0.25) is 4.79 Å². The molecule has 0 aromatic carbocycles. The molecule has 172 valence electrons. The Morgan fingerprint density at radius 1 is 1.22 bits per heavy atom. The molecule has 2 aliphatic heterocycles. The molecule has 0 aliphatic carbocycles. The number of rotatable bonds is 4. The molecule has 3 atom stereocenters. The van der Waals surface area contributed by atoms with Crippen LogP contribution in [0.1, 0.15) is 16.8 Å². The first-order chi connectivity index (χ1) is 15.3. The number of aliphatic carboxylic acids is 1. The molecule has 10 nitrogen and oxygen atoms in total. The van der Waals surface area contributed by atoms with Crippen molar-refractivity contribution in [2.24, 2.45) is 11.8 Å². The van der Waals surface area contributed by atoms with Crippen LogP contribution in [0.4, 0.5) is 19.1 Å². The molecule has 2 aromatic rings. The van der Waals surface area contributed by atoms with E-state index < -0.39 is 12.1 Å². The number of amides is 1. The summed E-state index contributed by atoms with van der Waals surface area (Å²) in [6, 6.07) is 3.50. The quantitative estimate of drug-likeness (QED) is 0.705. The molecule has 0 bridgehead atoms. The van der Waals surface area contributed by atoms with Gasteiger partial charge in [-0.25, -0.2) is 14.8 Å². The highest BCUT2D eigenvalue weighted by Gasteiger charge is 2.42. The highest BCUT2D eigenvalue weighted by molar-refractivity contribution is 5.93.